The van der Waals surface area contributed by atoms with Crippen molar-refractivity contribution in [1.82, 2.24) is 9.62 Å². The molecule has 4 rings (SSSR count). The lowest BCUT2D eigenvalue weighted by molar-refractivity contribution is -0.129. The van der Waals surface area contributed by atoms with Crippen molar-refractivity contribution in [3.8, 4) is 21.3 Å². The molecule has 1 saturated heterocycles. The number of halogens is 1. The summed E-state index contributed by atoms with van der Waals surface area (Å²) in [6.45, 7) is 0.0662. The first-order valence-electron chi connectivity index (χ1n) is 9.61. The molecule has 174 valence electrons. The number of carbonyl (C=O) groups is 1. The maximum Gasteiger partial charge on any atom is 0.250 e. The molecule has 3 heterocycles. The summed E-state index contributed by atoms with van der Waals surface area (Å²) in [4.78, 5) is 15.8. The van der Waals surface area contributed by atoms with Crippen LogP contribution in [0.1, 0.15) is 17.5 Å². The van der Waals surface area contributed by atoms with Crippen LogP contribution < -0.4 is 10.5 Å². The van der Waals surface area contributed by atoms with Crippen molar-refractivity contribution in [3.05, 3.63) is 51.9 Å². The molecule has 1 aliphatic rings. The Hall–Kier alpha value is -2.64. The molecule has 1 atom stereocenters. The highest BCUT2D eigenvalue weighted by Crippen LogP contribution is 2.37. The molecule has 1 aromatic carbocycles. The Morgan fingerprint density at radius 3 is 2.55 bits per heavy atom. The Bertz CT molecular complexity index is 1350. The SMILES string of the molecule is N=C(N)c1ccc(O)c(CN2CC[C@H](NS(=O)(=O)c3ccc(-c4ccc(Cl)s4)s3)C2=O)c1O. The quantitative estimate of drug-likeness (QED) is 0.235. The van der Waals surface area contributed by atoms with Gasteiger partial charge in [0.15, 0.2) is 0 Å². The van der Waals surface area contributed by atoms with Crippen LogP contribution in [0.15, 0.2) is 40.6 Å². The lowest BCUT2D eigenvalue weighted by atomic mass is 10.1. The first-order valence-corrected chi connectivity index (χ1v) is 13.1. The summed E-state index contributed by atoms with van der Waals surface area (Å²) in [7, 11) is -3.94. The predicted molar refractivity (Wildman–Crippen MR) is 128 cm³/mol. The minimum atomic E-state index is -3.94. The van der Waals surface area contributed by atoms with Gasteiger partial charge in [0.1, 0.15) is 27.6 Å². The van der Waals surface area contributed by atoms with E-state index in [1.807, 2.05) is 6.07 Å². The maximum absolute atomic E-state index is 12.9. The molecule has 2 aromatic heterocycles. The van der Waals surface area contributed by atoms with Crippen LogP contribution in [-0.2, 0) is 21.4 Å². The third kappa shape index (κ3) is 4.70. The number of benzene rings is 1. The van der Waals surface area contributed by atoms with Crippen LogP contribution in [0.25, 0.3) is 9.75 Å². The fraction of sp³-hybridized carbons (Fsp3) is 0.200. The van der Waals surface area contributed by atoms with E-state index in [4.69, 9.17) is 22.7 Å². The van der Waals surface area contributed by atoms with Crippen LogP contribution in [0.2, 0.25) is 4.34 Å². The molecule has 33 heavy (non-hydrogen) atoms. The summed E-state index contributed by atoms with van der Waals surface area (Å²) in [5.41, 5.74) is 5.51. The Balaban J connectivity index is 1.48. The van der Waals surface area contributed by atoms with Gasteiger partial charge in [-0.3, -0.25) is 10.2 Å². The highest BCUT2D eigenvalue weighted by Gasteiger charge is 2.36. The Morgan fingerprint density at radius 2 is 1.88 bits per heavy atom. The van der Waals surface area contributed by atoms with Crippen molar-refractivity contribution in [3.63, 3.8) is 0 Å². The number of nitrogens with two attached hydrogens (primary N) is 1. The van der Waals surface area contributed by atoms with E-state index in [1.165, 1.54) is 34.4 Å². The van der Waals surface area contributed by atoms with E-state index in [0.29, 0.717) is 4.34 Å². The number of amides is 1. The second-order valence-electron chi connectivity index (χ2n) is 7.32. The van der Waals surface area contributed by atoms with Gasteiger partial charge >= 0.3 is 0 Å². The minimum Gasteiger partial charge on any atom is -0.507 e. The molecule has 0 spiro atoms. The second kappa shape index (κ2) is 8.95. The highest BCUT2D eigenvalue weighted by molar-refractivity contribution is 7.91. The molecule has 0 aliphatic carbocycles. The smallest absolute Gasteiger partial charge is 0.250 e. The molecular weight excluding hydrogens is 508 g/mol. The van der Waals surface area contributed by atoms with Gasteiger partial charge in [0.2, 0.25) is 5.91 Å². The number of hydrogen-bond acceptors (Lipinski definition) is 8. The topological polar surface area (TPSA) is 157 Å². The highest BCUT2D eigenvalue weighted by atomic mass is 35.5. The van der Waals surface area contributed by atoms with Crippen LogP contribution in [0, 0.1) is 5.41 Å². The first-order chi connectivity index (χ1) is 15.6. The Labute approximate surface area is 202 Å². The molecule has 1 fully saturated rings. The predicted octanol–water partition coefficient (Wildman–Crippen LogP) is 2.90. The van der Waals surface area contributed by atoms with Gasteiger partial charge in [-0.15, -0.1) is 22.7 Å². The number of thiophene rings is 2. The number of nitrogens with zero attached hydrogens (tertiary/aromatic N) is 1. The van der Waals surface area contributed by atoms with Gasteiger partial charge in [-0.2, -0.15) is 4.72 Å². The van der Waals surface area contributed by atoms with E-state index < -0.39 is 22.0 Å². The zero-order valence-electron chi connectivity index (χ0n) is 16.9. The van der Waals surface area contributed by atoms with Gasteiger partial charge in [-0.1, -0.05) is 11.6 Å². The number of rotatable bonds is 7. The zero-order chi connectivity index (χ0) is 23.9. The van der Waals surface area contributed by atoms with Gasteiger partial charge in [0.05, 0.1) is 22.0 Å². The molecule has 1 aliphatic heterocycles. The van der Waals surface area contributed by atoms with Crippen LogP contribution in [-0.4, -0.2) is 47.9 Å². The molecule has 1 amide bonds. The van der Waals surface area contributed by atoms with E-state index in [2.05, 4.69) is 4.72 Å². The summed E-state index contributed by atoms with van der Waals surface area (Å²) < 4.78 is 28.9. The lowest BCUT2D eigenvalue weighted by Crippen LogP contribution is -2.41. The molecule has 0 unspecified atom stereocenters. The number of aromatic hydroxyl groups is 2. The standard InChI is InChI=1S/C20H19ClN4O5S3/c21-16-5-3-14(31-16)15-4-6-17(32-15)33(29,30)24-12-7-8-25(20(12)28)9-11-13(26)2-1-10(18(11)27)19(22)23/h1-6,12,24,26-27H,7-9H2,(H3,22,23)/t12-/m0/s1. The summed E-state index contributed by atoms with van der Waals surface area (Å²) in [5.74, 6) is -1.51. The Morgan fingerprint density at radius 1 is 1.18 bits per heavy atom. The fourth-order valence-corrected chi connectivity index (χ4v) is 7.16. The van der Waals surface area contributed by atoms with Crippen molar-refractivity contribution in [2.45, 2.75) is 23.2 Å². The van der Waals surface area contributed by atoms with E-state index in [9.17, 15) is 23.4 Å². The van der Waals surface area contributed by atoms with Crippen molar-refractivity contribution in [1.29, 1.82) is 5.41 Å². The number of hydrogen-bond donors (Lipinski definition) is 5. The van der Waals surface area contributed by atoms with Gasteiger partial charge < -0.3 is 20.8 Å². The molecule has 0 saturated carbocycles. The summed E-state index contributed by atoms with van der Waals surface area (Å²) >= 11 is 8.38. The number of phenols is 2. The monoisotopic (exact) mass is 526 g/mol. The van der Waals surface area contributed by atoms with Crippen molar-refractivity contribution < 1.29 is 23.4 Å². The van der Waals surface area contributed by atoms with E-state index in [1.54, 1.807) is 12.1 Å². The van der Waals surface area contributed by atoms with Crippen LogP contribution in [0.3, 0.4) is 0 Å². The molecule has 13 heteroatoms. The number of carbonyl (C=O) groups excluding carboxylic acids is 1. The first kappa shape index (κ1) is 23.5. The van der Waals surface area contributed by atoms with E-state index in [-0.39, 0.29) is 52.2 Å². The number of likely N-dealkylation sites (tertiary alicyclic amines) is 1. The van der Waals surface area contributed by atoms with E-state index in [0.717, 1.165) is 21.1 Å². The Kier molecular flexibility index (Phi) is 6.38. The molecule has 0 radical (unpaired) electrons. The number of amidine groups is 1. The van der Waals surface area contributed by atoms with Gasteiger partial charge in [0.25, 0.3) is 10.0 Å². The van der Waals surface area contributed by atoms with Crippen molar-refractivity contribution >= 4 is 56.0 Å². The number of nitrogens with one attached hydrogen (secondary N) is 2. The summed E-state index contributed by atoms with van der Waals surface area (Å²) in [6, 6.07) is 8.33. The zero-order valence-corrected chi connectivity index (χ0v) is 20.1. The van der Waals surface area contributed by atoms with Crippen LogP contribution in [0.5, 0.6) is 11.5 Å². The third-order valence-corrected chi connectivity index (χ3v) is 9.63. The van der Waals surface area contributed by atoms with Crippen LogP contribution >= 0.6 is 34.3 Å². The van der Waals surface area contributed by atoms with Gasteiger partial charge in [-0.05, 0) is 42.8 Å². The number of sulfonamides is 1. The largest absolute Gasteiger partial charge is 0.507 e. The molecule has 3 aromatic rings. The molecule has 0 bridgehead atoms. The fourth-order valence-electron chi connectivity index (χ4n) is 3.48. The molecular formula is C20H19ClN4O5S3. The maximum atomic E-state index is 12.9. The average Bonchev–Trinajstić information content (AvgIpc) is 3.47. The van der Waals surface area contributed by atoms with Crippen LogP contribution in [0.4, 0.5) is 0 Å². The second-order valence-corrected chi connectivity index (χ2v) is 12.1. The third-order valence-electron chi connectivity index (χ3n) is 5.15. The van der Waals surface area contributed by atoms with Crippen molar-refractivity contribution in [2.24, 2.45) is 5.73 Å². The van der Waals surface area contributed by atoms with Gasteiger partial charge in [0, 0.05) is 16.3 Å². The molecule has 9 nitrogen and oxygen atoms in total. The summed E-state index contributed by atoms with van der Waals surface area (Å²) in [6.07, 6.45) is 0.227. The van der Waals surface area contributed by atoms with Crippen molar-refractivity contribution in [2.75, 3.05) is 6.54 Å². The lowest BCUT2D eigenvalue weighted by Gasteiger charge is -2.19. The average molecular weight is 527 g/mol. The normalized spacial score (nSPS) is 16.5. The number of phenolic OH excluding ortho intramolecular Hbond substituents is 2. The van der Waals surface area contributed by atoms with E-state index >= 15 is 0 Å². The number of nitrogen functional groups attached to an aromatic ring is 1. The minimum absolute atomic E-state index is 0.0345. The summed E-state index contributed by atoms with van der Waals surface area (Å²) in [5, 5.41) is 28.0. The van der Waals surface area contributed by atoms with Gasteiger partial charge in [-0.25, -0.2) is 8.42 Å². The molecule has 6 N–H and O–H groups in total.